The number of carbonyl (C=O) groups excluding carboxylic acids is 2. The summed E-state index contributed by atoms with van der Waals surface area (Å²) in [6.07, 6.45) is -0.694. The Morgan fingerprint density at radius 3 is 2.31 bits per heavy atom. The van der Waals surface area contributed by atoms with Crippen molar-refractivity contribution in [3.63, 3.8) is 0 Å². The third-order valence-electron chi connectivity index (χ3n) is 4.15. The number of carbonyl (C=O) groups is 2. The highest BCUT2D eigenvalue weighted by molar-refractivity contribution is 6.31. The third-order valence-corrected chi connectivity index (χ3v) is 4.38. The highest BCUT2D eigenvalue weighted by Gasteiger charge is 2.16. The highest BCUT2D eigenvalue weighted by atomic mass is 35.5. The number of ether oxygens (including phenoxy) is 1. The van der Waals surface area contributed by atoms with Crippen LogP contribution in [0.15, 0.2) is 72.8 Å². The molecule has 0 aliphatic rings. The van der Waals surface area contributed by atoms with E-state index < -0.39 is 6.10 Å². The Morgan fingerprint density at radius 2 is 1.59 bits per heavy atom. The van der Waals surface area contributed by atoms with Crippen molar-refractivity contribution in [2.45, 2.75) is 20.0 Å². The maximum Gasteiger partial charge on any atom is 0.265 e. The Labute approximate surface area is 174 Å². The fourth-order valence-corrected chi connectivity index (χ4v) is 2.89. The number of rotatable bonds is 6. The monoisotopic (exact) mass is 408 g/mol. The van der Waals surface area contributed by atoms with Gasteiger partial charge >= 0.3 is 0 Å². The summed E-state index contributed by atoms with van der Waals surface area (Å²) in [6, 6.07) is 21.1. The van der Waals surface area contributed by atoms with E-state index >= 15 is 0 Å². The van der Waals surface area contributed by atoms with Crippen LogP contribution in [0.4, 0.5) is 11.4 Å². The molecule has 2 amide bonds. The molecule has 0 saturated heterocycles. The molecule has 148 valence electrons. The second-order valence-electron chi connectivity index (χ2n) is 6.61. The van der Waals surface area contributed by atoms with Crippen LogP contribution < -0.4 is 15.4 Å². The zero-order chi connectivity index (χ0) is 20.8. The highest BCUT2D eigenvalue weighted by Crippen LogP contribution is 2.18. The lowest BCUT2D eigenvalue weighted by atomic mass is 10.1. The zero-order valence-electron chi connectivity index (χ0n) is 16.1. The van der Waals surface area contributed by atoms with Crippen LogP contribution in [0.3, 0.4) is 0 Å². The van der Waals surface area contributed by atoms with Gasteiger partial charge in [-0.05, 0) is 67.9 Å². The van der Waals surface area contributed by atoms with Gasteiger partial charge in [0.1, 0.15) is 5.75 Å². The maximum atomic E-state index is 12.5. The van der Waals surface area contributed by atoms with Crippen molar-refractivity contribution in [1.29, 1.82) is 0 Å². The molecule has 0 saturated carbocycles. The van der Waals surface area contributed by atoms with Gasteiger partial charge in [0, 0.05) is 22.0 Å². The summed E-state index contributed by atoms with van der Waals surface area (Å²) in [4.78, 5) is 24.9. The summed E-state index contributed by atoms with van der Waals surface area (Å²) in [5.74, 6) is 0.0219. The number of benzene rings is 3. The minimum absolute atomic E-state index is 0.299. The first kappa shape index (κ1) is 20.4. The molecular formula is C23H21ClN2O3. The normalized spacial score (nSPS) is 11.4. The smallest absolute Gasteiger partial charge is 0.265 e. The molecule has 3 rings (SSSR count). The van der Waals surface area contributed by atoms with Crippen LogP contribution in [-0.2, 0) is 4.79 Å². The van der Waals surface area contributed by atoms with Gasteiger partial charge in [0.25, 0.3) is 11.8 Å². The summed E-state index contributed by atoms with van der Waals surface area (Å²) < 4.78 is 5.69. The lowest BCUT2D eigenvalue weighted by molar-refractivity contribution is -0.122. The summed E-state index contributed by atoms with van der Waals surface area (Å²) in [7, 11) is 0. The molecular weight excluding hydrogens is 388 g/mol. The molecule has 0 aromatic heterocycles. The van der Waals surface area contributed by atoms with Crippen LogP contribution in [0.5, 0.6) is 5.75 Å². The Bertz CT molecular complexity index is 1040. The van der Waals surface area contributed by atoms with Gasteiger partial charge < -0.3 is 15.4 Å². The van der Waals surface area contributed by atoms with Crippen LogP contribution in [0.25, 0.3) is 0 Å². The first-order chi connectivity index (χ1) is 13.9. The van der Waals surface area contributed by atoms with Crippen LogP contribution in [-0.4, -0.2) is 17.9 Å². The third kappa shape index (κ3) is 5.83. The van der Waals surface area contributed by atoms with Crippen molar-refractivity contribution in [2.24, 2.45) is 0 Å². The van der Waals surface area contributed by atoms with Crippen LogP contribution in [0, 0.1) is 6.92 Å². The molecule has 2 N–H and O–H groups in total. The van der Waals surface area contributed by atoms with E-state index in [4.69, 9.17) is 16.3 Å². The SMILES string of the molecule is Cc1cccc(OC(C)C(=O)Nc2cccc(C(=O)Nc3cccc(Cl)c3)c2)c1. The van der Waals surface area contributed by atoms with Crippen LogP contribution >= 0.6 is 11.6 Å². The van der Waals surface area contributed by atoms with E-state index in [-0.39, 0.29) is 11.8 Å². The standard InChI is InChI=1S/C23H21ClN2O3/c1-15-6-3-11-21(12-15)29-16(2)22(27)25-19-9-4-7-17(13-19)23(28)26-20-10-5-8-18(24)14-20/h3-14,16H,1-2H3,(H,25,27)(H,26,28). The molecule has 29 heavy (non-hydrogen) atoms. The van der Waals surface area contributed by atoms with Crippen molar-refractivity contribution in [3.8, 4) is 5.75 Å². The number of hydrogen-bond acceptors (Lipinski definition) is 3. The Balaban J connectivity index is 1.64. The van der Waals surface area contributed by atoms with Gasteiger partial charge in [-0.15, -0.1) is 0 Å². The second-order valence-corrected chi connectivity index (χ2v) is 7.05. The van der Waals surface area contributed by atoms with Gasteiger partial charge in [0.15, 0.2) is 6.10 Å². The van der Waals surface area contributed by atoms with Crippen LogP contribution in [0.1, 0.15) is 22.8 Å². The summed E-state index contributed by atoms with van der Waals surface area (Å²) in [5.41, 5.74) is 2.56. The second kappa shape index (κ2) is 9.26. The Morgan fingerprint density at radius 1 is 0.897 bits per heavy atom. The average molecular weight is 409 g/mol. The number of nitrogens with one attached hydrogen (secondary N) is 2. The molecule has 5 nitrogen and oxygen atoms in total. The molecule has 0 spiro atoms. The van der Waals surface area contributed by atoms with Gasteiger partial charge in [-0.1, -0.05) is 35.9 Å². The van der Waals surface area contributed by atoms with Crippen LogP contribution in [0.2, 0.25) is 5.02 Å². The molecule has 3 aromatic rings. The molecule has 0 heterocycles. The molecule has 1 atom stereocenters. The number of hydrogen-bond donors (Lipinski definition) is 2. The first-order valence-corrected chi connectivity index (χ1v) is 9.50. The fourth-order valence-electron chi connectivity index (χ4n) is 2.70. The number of anilines is 2. The largest absolute Gasteiger partial charge is 0.481 e. The molecule has 0 radical (unpaired) electrons. The molecule has 0 fully saturated rings. The van der Waals surface area contributed by atoms with Crippen molar-refractivity contribution in [1.82, 2.24) is 0 Å². The number of amides is 2. The Hall–Kier alpha value is -3.31. The minimum Gasteiger partial charge on any atom is -0.481 e. The topological polar surface area (TPSA) is 67.4 Å². The van der Waals surface area contributed by atoms with Gasteiger partial charge in [-0.3, -0.25) is 9.59 Å². The minimum atomic E-state index is -0.694. The average Bonchev–Trinajstić information content (AvgIpc) is 2.68. The van der Waals surface area contributed by atoms with Gasteiger partial charge in [0.2, 0.25) is 0 Å². The Kier molecular flexibility index (Phi) is 6.52. The summed E-state index contributed by atoms with van der Waals surface area (Å²) >= 11 is 5.94. The zero-order valence-corrected chi connectivity index (χ0v) is 16.9. The van der Waals surface area contributed by atoms with Gasteiger partial charge in [0.05, 0.1) is 0 Å². The van der Waals surface area contributed by atoms with E-state index in [9.17, 15) is 9.59 Å². The number of aryl methyl sites for hydroxylation is 1. The first-order valence-electron chi connectivity index (χ1n) is 9.12. The van der Waals surface area contributed by atoms with Crippen molar-refractivity contribution in [3.05, 3.63) is 88.9 Å². The van der Waals surface area contributed by atoms with E-state index in [0.29, 0.717) is 27.7 Å². The predicted molar refractivity (Wildman–Crippen MR) is 116 cm³/mol. The molecule has 3 aromatic carbocycles. The lowest BCUT2D eigenvalue weighted by Gasteiger charge is -2.15. The lowest BCUT2D eigenvalue weighted by Crippen LogP contribution is -2.30. The summed E-state index contributed by atoms with van der Waals surface area (Å²) in [6.45, 7) is 3.63. The molecule has 6 heteroatoms. The van der Waals surface area contributed by atoms with Crippen molar-refractivity contribution >= 4 is 34.8 Å². The van der Waals surface area contributed by atoms with E-state index in [0.717, 1.165) is 5.56 Å². The summed E-state index contributed by atoms with van der Waals surface area (Å²) in [5, 5.41) is 6.09. The molecule has 0 bridgehead atoms. The quantitative estimate of drug-likeness (QED) is 0.581. The molecule has 0 aliphatic carbocycles. The fraction of sp³-hybridized carbons (Fsp3) is 0.130. The van der Waals surface area contributed by atoms with E-state index in [1.165, 1.54) is 0 Å². The van der Waals surface area contributed by atoms with Crippen molar-refractivity contribution in [2.75, 3.05) is 10.6 Å². The van der Waals surface area contributed by atoms with Gasteiger partial charge in [-0.25, -0.2) is 0 Å². The van der Waals surface area contributed by atoms with E-state index in [1.54, 1.807) is 61.5 Å². The van der Waals surface area contributed by atoms with E-state index in [1.807, 2.05) is 25.1 Å². The predicted octanol–water partition coefficient (Wildman–Crippen LogP) is 5.31. The van der Waals surface area contributed by atoms with E-state index in [2.05, 4.69) is 10.6 Å². The molecule has 1 unspecified atom stereocenters. The van der Waals surface area contributed by atoms with Crippen molar-refractivity contribution < 1.29 is 14.3 Å². The molecule has 0 aliphatic heterocycles. The maximum absolute atomic E-state index is 12.5. The van der Waals surface area contributed by atoms with Gasteiger partial charge in [-0.2, -0.15) is 0 Å². The number of halogens is 1.